The Morgan fingerprint density at radius 3 is 2.84 bits per heavy atom. The zero-order chi connectivity index (χ0) is 13.8. The number of hydrogen-bond acceptors (Lipinski definition) is 5. The molecule has 1 aromatic heterocycles. The van der Waals surface area contributed by atoms with E-state index in [1.54, 1.807) is 13.1 Å². The van der Waals surface area contributed by atoms with Gasteiger partial charge in [0.05, 0.1) is 11.6 Å². The first kappa shape index (κ1) is 13.3. The number of nitriles is 1. The molecule has 0 saturated heterocycles. The normalized spacial score (nSPS) is 9.79. The van der Waals surface area contributed by atoms with E-state index in [1.165, 1.54) is 6.33 Å². The molecular weight excluding hydrogens is 306 g/mol. The van der Waals surface area contributed by atoms with Crippen molar-refractivity contribution < 1.29 is 0 Å². The lowest BCUT2D eigenvalue weighted by atomic mass is 10.2. The molecule has 0 radical (unpaired) electrons. The van der Waals surface area contributed by atoms with Gasteiger partial charge in [-0.2, -0.15) is 5.26 Å². The van der Waals surface area contributed by atoms with E-state index in [1.807, 2.05) is 30.1 Å². The number of halogens is 1. The van der Waals surface area contributed by atoms with Crippen LogP contribution in [0.4, 0.5) is 17.3 Å². The van der Waals surface area contributed by atoms with Gasteiger partial charge in [-0.1, -0.05) is 6.07 Å². The van der Waals surface area contributed by atoms with E-state index in [9.17, 15) is 0 Å². The number of nitrogens with one attached hydrogen (secondary N) is 1. The maximum atomic E-state index is 8.94. The molecule has 1 N–H and O–H groups in total. The third-order valence-corrected chi connectivity index (χ3v) is 3.42. The van der Waals surface area contributed by atoms with Crippen LogP contribution in [0.1, 0.15) is 5.56 Å². The summed E-state index contributed by atoms with van der Waals surface area (Å²) in [7, 11) is 3.69. The van der Waals surface area contributed by atoms with E-state index in [4.69, 9.17) is 5.26 Å². The van der Waals surface area contributed by atoms with Crippen LogP contribution < -0.4 is 10.2 Å². The smallest absolute Gasteiger partial charge is 0.152 e. The Bertz CT molecular complexity index is 635. The van der Waals surface area contributed by atoms with E-state index in [2.05, 4.69) is 37.3 Å². The van der Waals surface area contributed by atoms with E-state index in [-0.39, 0.29) is 0 Å². The van der Waals surface area contributed by atoms with Gasteiger partial charge in [0.2, 0.25) is 0 Å². The Hall–Kier alpha value is -2.13. The fourth-order valence-corrected chi connectivity index (χ4v) is 2.34. The van der Waals surface area contributed by atoms with Crippen LogP contribution in [0.5, 0.6) is 0 Å². The van der Waals surface area contributed by atoms with Gasteiger partial charge in [-0.3, -0.25) is 0 Å². The Morgan fingerprint density at radius 2 is 2.16 bits per heavy atom. The van der Waals surface area contributed by atoms with Gasteiger partial charge in [0.1, 0.15) is 16.6 Å². The zero-order valence-corrected chi connectivity index (χ0v) is 12.1. The van der Waals surface area contributed by atoms with Crippen LogP contribution in [-0.4, -0.2) is 24.1 Å². The second kappa shape index (κ2) is 5.67. The predicted molar refractivity (Wildman–Crippen MR) is 78.5 cm³/mol. The summed E-state index contributed by atoms with van der Waals surface area (Å²) in [4.78, 5) is 10.3. The van der Waals surface area contributed by atoms with Gasteiger partial charge in [0.25, 0.3) is 0 Å². The number of benzene rings is 1. The van der Waals surface area contributed by atoms with Crippen molar-refractivity contribution in [2.75, 3.05) is 24.3 Å². The highest BCUT2D eigenvalue weighted by molar-refractivity contribution is 9.10. The Balaban J connectivity index is 2.44. The second-order valence-corrected chi connectivity index (χ2v) is 4.62. The molecule has 0 bridgehead atoms. The van der Waals surface area contributed by atoms with E-state index in [0.29, 0.717) is 11.4 Å². The van der Waals surface area contributed by atoms with Crippen molar-refractivity contribution in [2.45, 2.75) is 0 Å². The van der Waals surface area contributed by atoms with Gasteiger partial charge in [-0.15, -0.1) is 0 Å². The summed E-state index contributed by atoms with van der Waals surface area (Å²) in [5, 5.41) is 11.9. The molecule has 0 amide bonds. The molecule has 19 heavy (non-hydrogen) atoms. The maximum Gasteiger partial charge on any atom is 0.152 e. The molecule has 0 fully saturated rings. The fraction of sp³-hybridized carbons (Fsp3) is 0.154. The second-order valence-electron chi connectivity index (χ2n) is 3.83. The maximum absolute atomic E-state index is 8.94. The Labute approximate surface area is 120 Å². The summed E-state index contributed by atoms with van der Waals surface area (Å²) in [5.74, 6) is 1.45. The first-order chi connectivity index (χ1) is 9.17. The van der Waals surface area contributed by atoms with Crippen LogP contribution in [0, 0.1) is 11.3 Å². The number of nitrogens with zero attached hydrogens (tertiary/aromatic N) is 4. The van der Waals surface area contributed by atoms with Crippen LogP contribution in [-0.2, 0) is 0 Å². The minimum atomic E-state index is 0.614. The van der Waals surface area contributed by atoms with E-state index < -0.39 is 0 Å². The van der Waals surface area contributed by atoms with Gasteiger partial charge in [0.15, 0.2) is 5.82 Å². The molecule has 0 unspecified atom stereocenters. The van der Waals surface area contributed by atoms with Crippen LogP contribution in [0.2, 0.25) is 0 Å². The van der Waals surface area contributed by atoms with Gasteiger partial charge in [-0.05, 0) is 34.1 Å². The molecule has 5 nitrogen and oxygen atoms in total. The molecule has 2 aromatic rings. The highest BCUT2D eigenvalue weighted by Gasteiger charge is 2.13. The van der Waals surface area contributed by atoms with Crippen LogP contribution in [0.3, 0.4) is 0 Å². The molecule has 2 rings (SSSR count). The molecule has 6 heteroatoms. The van der Waals surface area contributed by atoms with Crippen LogP contribution in [0.15, 0.2) is 35.1 Å². The zero-order valence-electron chi connectivity index (χ0n) is 10.6. The summed E-state index contributed by atoms with van der Waals surface area (Å²) in [6.07, 6.45) is 1.50. The monoisotopic (exact) mass is 317 g/mol. The van der Waals surface area contributed by atoms with Gasteiger partial charge < -0.3 is 10.2 Å². The van der Waals surface area contributed by atoms with Crippen LogP contribution >= 0.6 is 15.9 Å². The third kappa shape index (κ3) is 2.66. The standard InChI is InChI=1S/C13H12BrN5/c1-16-12-11(14)13(18-8-17-12)19(2)10-5-3-4-9(6-10)7-15/h3-6,8H,1-2H3,(H,16,17,18). The van der Waals surface area contributed by atoms with Gasteiger partial charge in [-0.25, -0.2) is 9.97 Å². The summed E-state index contributed by atoms with van der Waals surface area (Å²) in [6.45, 7) is 0. The topological polar surface area (TPSA) is 64.8 Å². The van der Waals surface area contributed by atoms with Crippen molar-refractivity contribution in [1.29, 1.82) is 5.26 Å². The molecule has 0 saturated carbocycles. The van der Waals surface area contributed by atoms with Crippen molar-refractivity contribution in [3.8, 4) is 6.07 Å². The molecule has 1 aromatic carbocycles. The molecule has 96 valence electrons. The lowest BCUT2D eigenvalue weighted by Crippen LogP contribution is -2.13. The first-order valence-electron chi connectivity index (χ1n) is 5.59. The average Bonchev–Trinajstić information content (AvgIpc) is 2.47. The predicted octanol–water partition coefficient (Wildman–Crippen LogP) is 2.92. The Morgan fingerprint density at radius 1 is 1.37 bits per heavy atom. The molecule has 0 atom stereocenters. The van der Waals surface area contributed by atoms with Crippen LogP contribution in [0.25, 0.3) is 0 Å². The van der Waals surface area contributed by atoms with Crippen molar-refractivity contribution in [3.63, 3.8) is 0 Å². The molecule has 0 spiro atoms. The lowest BCUT2D eigenvalue weighted by molar-refractivity contribution is 1.06. The number of rotatable bonds is 3. The SMILES string of the molecule is CNc1ncnc(N(C)c2cccc(C#N)c2)c1Br. The first-order valence-corrected chi connectivity index (χ1v) is 6.38. The number of aromatic nitrogens is 2. The molecule has 0 aliphatic heterocycles. The molecular formula is C13H12BrN5. The van der Waals surface area contributed by atoms with E-state index >= 15 is 0 Å². The molecule has 0 aliphatic rings. The molecule has 1 heterocycles. The largest absolute Gasteiger partial charge is 0.372 e. The van der Waals surface area contributed by atoms with E-state index in [0.717, 1.165) is 16.0 Å². The fourth-order valence-electron chi connectivity index (χ4n) is 1.68. The van der Waals surface area contributed by atoms with Crippen molar-refractivity contribution in [2.24, 2.45) is 0 Å². The van der Waals surface area contributed by atoms with Crippen molar-refractivity contribution in [3.05, 3.63) is 40.6 Å². The van der Waals surface area contributed by atoms with Crippen molar-refractivity contribution >= 4 is 33.3 Å². The third-order valence-electron chi connectivity index (χ3n) is 2.69. The quantitative estimate of drug-likeness (QED) is 0.942. The highest BCUT2D eigenvalue weighted by atomic mass is 79.9. The van der Waals surface area contributed by atoms with Gasteiger partial charge >= 0.3 is 0 Å². The minimum Gasteiger partial charge on any atom is -0.372 e. The minimum absolute atomic E-state index is 0.614. The summed E-state index contributed by atoms with van der Waals surface area (Å²) >= 11 is 3.48. The van der Waals surface area contributed by atoms with Crippen molar-refractivity contribution in [1.82, 2.24) is 9.97 Å². The highest BCUT2D eigenvalue weighted by Crippen LogP contribution is 2.32. The summed E-state index contributed by atoms with van der Waals surface area (Å²) in [5.41, 5.74) is 1.50. The lowest BCUT2D eigenvalue weighted by Gasteiger charge is -2.20. The average molecular weight is 318 g/mol. The summed E-state index contributed by atoms with van der Waals surface area (Å²) in [6, 6.07) is 9.48. The number of hydrogen-bond donors (Lipinski definition) is 1. The number of anilines is 3. The molecule has 0 aliphatic carbocycles. The van der Waals surface area contributed by atoms with Gasteiger partial charge in [0, 0.05) is 19.8 Å². The summed E-state index contributed by atoms with van der Waals surface area (Å²) < 4.78 is 0.780. The Kier molecular flexibility index (Phi) is 3.97.